The summed E-state index contributed by atoms with van der Waals surface area (Å²) < 4.78 is 46.9. The Morgan fingerprint density at radius 1 is 1.25 bits per heavy atom. The maximum absolute atomic E-state index is 13.4. The van der Waals surface area contributed by atoms with Gasteiger partial charge in [0.05, 0.1) is 23.3 Å². The first-order chi connectivity index (χ1) is 15.3. The molecule has 5 rings (SSSR count). The molecule has 1 atom stereocenters. The summed E-state index contributed by atoms with van der Waals surface area (Å²) in [5.74, 6) is 0.261. The normalized spacial score (nSPS) is 19.2. The van der Waals surface area contributed by atoms with Crippen molar-refractivity contribution in [3.63, 3.8) is 0 Å². The van der Waals surface area contributed by atoms with E-state index < -0.39 is 18.3 Å². The minimum Gasteiger partial charge on any atom is -0.383 e. The van der Waals surface area contributed by atoms with Gasteiger partial charge in [-0.2, -0.15) is 18.2 Å². The highest BCUT2D eigenvalue weighted by atomic mass is 19.4. The number of hydrogen-bond donors (Lipinski definition) is 2. The molecule has 0 aliphatic carbocycles. The van der Waals surface area contributed by atoms with E-state index in [1.807, 2.05) is 0 Å². The van der Waals surface area contributed by atoms with Crippen LogP contribution in [0.1, 0.15) is 24.8 Å². The largest absolute Gasteiger partial charge is 0.406 e. The van der Waals surface area contributed by atoms with E-state index in [9.17, 15) is 18.0 Å². The van der Waals surface area contributed by atoms with Crippen LogP contribution in [-0.2, 0) is 17.8 Å². The molecular formula is C22H22F3N5O2. The average molecular weight is 445 g/mol. The van der Waals surface area contributed by atoms with Crippen molar-refractivity contribution in [2.45, 2.75) is 44.8 Å². The van der Waals surface area contributed by atoms with Crippen molar-refractivity contribution < 1.29 is 17.9 Å². The Kier molecular flexibility index (Phi) is 5.06. The smallest absolute Gasteiger partial charge is 0.383 e. The van der Waals surface area contributed by atoms with Crippen molar-refractivity contribution in [2.24, 2.45) is 0 Å². The molecule has 168 valence electrons. The lowest BCUT2D eigenvalue weighted by Crippen LogP contribution is -2.40. The lowest BCUT2D eigenvalue weighted by molar-refractivity contribution is -0.140. The third-order valence-electron chi connectivity index (χ3n) is 5.94. The van der Waals surface area contributed by atoms with E-state index in [1.165, 1.54) is 6.20 Å². The summed E-state index contributed by atoms with van der Waals surface area (Å²) in [6.07, 6.45) is -0.478. The number of ether oxygens (including phenoxy) is 1. The molecular weight excluding hydrogens is 423 g/mol. The van der Waals surface area contributed by atoms with Gasteiger partial charge in [-0.3, -0.25) is 9.36 Å². The summed E-state index contributed by atoms with van der Waals surface area (Å²) in [5.41, 5.74) is 10.7. The quantitative estimate of drug-likeness (QED) is 0.637. The lowest BCUT2D eigenvalue weighted by atomic mass is 10.0. The highest BCUT2D eigenvalue weighted by Crippen LogP contribution is 2.36. The van der Waals surface area contributed by atoms with Crippen LogP contribution in [0.3, 0.4) is 0 Å². The molecule has 0 bridgehead atoms. The van der Waals surface area contributed by atoms with Crippen molar-refractivity contribution in [3.05, 3.63) is 52.4 Å². The summed E-state index contributed by atoms with van der Waals surface area (Å²) >= 11 is 0. The fourth-order valence-corrected chi connectivity index (χ4v) is 4.44. The highest BCUT2D eigenvalue weighted by molar-refractivity contribution is 5.96. The number of alkyl halides is 3. The number of fused-ring (bicyclic) bond motifs is 3. The zero-order valence-electron chi connectivity index (χ0n) is 17.2. The van der Waals surface area contributed by atoms with E-state index in [0.717, 1.165) is 23.8 Å². The van der Waals surface area contributed by atoms with Crippen LogP contribution < -0.4 is 16.7 Å². The topological polar surface area (TPSA) is 85.4 Å². The number of anilines is 2. The fraction of sp³-hybridized carbons (Fsp3) is 0.364. The van der Waals surface area contributed by atoms with E-state index in [2.05, 4.69) is 10.4 Å². The van der Waals surface area contributed by atoms with Crippen molar-refractivity contribution >= 4 is 22.4 Å². The predicted octanol–water partition coefficient (Wildman–Crippen LogP) is 3.88. The van der Waals surface area contributed by atoms with Gasteiger partial charge in [-0.15, -0.1) is 0 Å². The molecule has 1 fully saturated rings. The number of nitrogens with zero attached hydrogens (tertiary/aromatic N) is 3. The maximum atomic E-state index is 13.4. The van der Waals surface area contributed by atoms with Gasteiger partial charge in [0.25, 0.3) is 5.56 Å². The molecule has 1 aromatic carbocycles. The summed E-state index contributed by atoms with van der Waals surface area (Å²) in [6, 6.07) is 8.51. The van der Waals surface area contributed by atoms with Gasteiger partial charge < -0.3 is 15.9 Å². The van der Waals surface area contributed by atoms with Crippen LogP contribution in [0.25, 0.3) is 22.0 Å². The second-order valence-corrected chi connectivity index (χ2v) is 8.09. The number of benzene rings is 1. The van der Waals surface area contributed by atoms with Crippen LogP contribution >= 0.6 is 0 Å². The molecule has 4 heterocycles. The van der Waals surface area contributed by atoms with Gasteiger partial charge in [0, 0.05) is 23.8 Å². The zero-order chi connectivity index (χ0) is 22.5. The number of aromatic nitrogens is 2. The zero-order valence-corrected chi connectivity index (χ0v) is 17.2. The van der Waals surface area contributed by atoms with E-state index >= 15 is 0 Å². The third-order valence-corrected chi connectivity index (χ3v) is 5.94. The molecule has 10 heteroatoms. The maximum Gasteiger partial charge on any atom is 0.406 e. The monoisotopic (exact) mass is 445 g/mol. The number of hydrazine groups is 1. The first kappa shape index (κ1) is 20.8. The summed E-state index contributed by atoms with van der Waals surface area (Å²) in [7, 11) is 0. The van der Waals surface area contributed by atoms with Crippen molar-refractivity contribution in [3.8, 4) is 11.1 Å². The Labute approximate surface area is 181 Å². The Balaban J connectivity index is 1.67. The number of nitrogens with two attached hydrogens (primary N) is 1. The van der Waals surface area contributed by atoms with Gasteiger partial charge in [0.15, 0.2) is 0 Å². The summed E-state index contributed by atoms with van der Waals surface area (Å²) in [5, 5.41) is 2.34. The van der Waals surface area contributed by atoms with Gasteiger partial charge in [-0.1, -0.05) is 12.1 Å². The molecule has 7 nitrogen and oxygen atoms in total. The number of nitrogens with one attached hydrogen (secondary N) is 1. The predicted molar refractivity (Wildman–Crippen MR) is 115 cm³/mol. The lowest BCUT2D eigenvalue weighted by Gasteiger charge is -2.30. The molecule has 0 amide bonds. The Morgan fingerprint density at radius 2 is 2.09 bits per heavy atom. The molecule has 32 heavy (non-hydrogen) atoms. The van der Waals surface area contributed by atoms with Crippen LogP contribution in [-0.4, -0.2) is 33.6 Å². The molecule has 2 aliphatic rings. The van der Waals surface area contributed by atoms with Crippen molar-refractivity contribution in [1.82, 2.24) is 14.6 Å². The molecule has 0 spiro atoms. The molecule has 3 aromatic rings. The van der Waals surface area contributed by atoms with E-state index in [0.29, 0.717) is 34.4 Å². The average Bonchev–Trinajstić information content (AvgIpc) is 3.22. The van der Waals surface area contributed by atoms with Gasteiger partial charge in [-0.25, -0.2) is 4.98 Å². The Morgan fingerprint density at radius 3 is 2.81 bits per heavy atom. The molecule has 3 N–H and O–H groups in total. The number of rotatable bonds is 3. The van der Waals surface area contributed by atoms with Crippen LogP contribution in [0.5, 0.6) is 0 Å². The summed E-state index contributed by atoms with van der Waals surface area (Å²) in [6.45, 7) is -0.570. The second kappa shape index (κ2) is 7.79. The fourth-order valence-electron chi connectivity index (χ4n) is 4.44. The Hall–Kier alpha value is -3.11. The number of hydrogen-bond acceptors (Lipinski definition) is 6. The minimum absolute atomic E-state index is 0.184. The molecule has 2 aromatic heterocycles. The van der Waals surface area contributed by atoms with Crippen LogP contribution in [0, 0.1) is 0 Å². The molecule has 1 unspecified atom stereocenters. The van der Waals surface area contributed by atoms with Crippen molar-refractivity contribution in [1.29, 1.82) is 0 Å². The van der Waals surface area contributed by atoms with Crippen LogP contribution in [0.2, 0.25) is 0 Å². The first-order valence-corrected chi connectivity index (χ1v) is 10.4. The first-order valence-electron chi connectivity index (χ1n) is 10.4. The standard InChI is InChI=1S/C22H22F3N5O2/c23-22(24,25)12-29-17-10-13(14-4-3-8-27-20(14)26)6-7-15(17)19-16(21(29)31)11-30(28-19)18-5-1-2-9-32-18/h3-4,6-8,10,18,28H,1-2,5,9,11-12H2,(H2,26,27). The van der Waals surface area contributed by atoms with Gasteiger partial charge in [0.1, 0.15) is 18.6 Å². The van der Waals surface area contributed by atoms with Gasteiger partial charge >= 0.3 is 6.18 Å². The van der Waals surface area contributed by atoms with Gasteiger partial charge in [0.2, 0.25) is 0 Å². The SMILES string of the molecule is Nc1ncccc1-c1ccc2c3c(c(=O)n(CC(F)(F)F)c2c1)CN(C1CCCCO1)N3. The number of nitrogen functional groups attached to an aromatic ring is 1. The van der Waals surface area contributed by atoms with Crippen molar-refractivity contribution in [2.75, 3.05) is 17.8 Å². The van der Waals surface area contributed by atoms with Crippen LogP contribution in [0.15, 0.2) is 41.3 Å². The summed E-state index contributed by atoms with van der Waals surface area (Å²) in [4.78, 5) is 17.3. The van der Waals surface area contributed by atoms with E-state index in [4.69, 9.17) is 10.5 Å². The molecule has 2 aliphatic heterocycles. The highest BCUT2D eigenvalue weighted by Gasteiger charge is 2.35. The minimum atomic E-state index is -4.55. The van der Waals surface area contributed by atoms with E-state index in [1.54, 1.807) is 35.3 Å². The molecule has 1 saturated heterocycles. The van der Waals surface area contributed by atoms with Gasteiger partial charge in [-0.05, 0) is 43.0 Å². The third kappa shape index (κ3) is 3.69. The van der Waals surface area contributed by atoms with Crippen LogP contribution in [0.4, 0.5) is 24.7 Å². The molecule has 0 radical (unpaired) electrons. The second-order valence-electron chi connectivity index (χ2n) is 8.09. The Bertz CT molecular complexity index is 1230. The number of pyridine rings is 2. The van der Waals surface area contributed by atoms with E-state index in [-0.39, 0.29) is 24.1 Å². The number of halogens is 3. The molecule has 0 saturated carbocycles.